The first kappa shape index (κ1) is 18.0. The number of benzene rings is 1. The van der Waals surface area contributed by atoms with Crippen LogP contribution in [0.3, 0.4) is 0 Å². The van der Waals surface area contributed by atoms with Gasteiger partial charge in [-0.15, -0.1) is 0 Å². The third-order valence-electron chi connectivity index (χ3n) is 3.81. The molecule has 3 aromatic rings. The van der Waals surface area contributed by atoms with Crippen LogP contribution in [0, 0.1) is 0 Å². The van der Waals surface area contributed by atoms with E-state index in [4.69, 9.17) is 4.74 Å². The number of halogens is 3. The number of hydrogen-bond donors (Lipinski definition) is 1. The molecule has 0 amide bonds. The molecular weight excluding hydrogens is 347 g/mol. The lowest BCUT2D eigenvalue weighted by Crippen LogP contribution is -2.15. The number of imidazole rings is 1. The Morgan fingerprint density at radius 3 is 2.69 bits per heavy atom. The van der Waals surface area contributed by atoms with E-state index in [-0.39, 0.29) is 22.6 Å². The SMILES string of the molecule is CCCCNc1cncc(-n2c(C(F)(F)F)nc3c(OC)cccc32)n1. The Morgan fingerprint density at radius 1 is 1.19 bits per heavy atom. The van der Waals surface area contributed by atoms with E-state index >= 15 is 0 Å². The van der Waals surface area contributed by atoms with Gasteiger partial charge in [0, 0.05) is 6.54 Å². The van der Waals surface area contributed by atoms with Crippen molar-refractivity contribution in [2.24, 2.45) is 0 Å². The van der Waals surface area contributed by atoms with Crippen molar-refractivity contribution in [1.29, 1.82) is 0 Å². The lowest BCUT2D eigenvalue weighted by atomic mass is 10.3. The molecular formula is C17H18F3N5O. The number of rotatable bonds is 6. The van der Waals surface area contributed by atoms with Gasteiger partial charge in [-0.05, 0) is 18.6 Å². The molecule has 0 bridgehead atoms. The van der Waals surface area contributed by atoms with E-state index in [2.05, 4.69) is 20.3 Å². The van der Waals surface area contributed by atoms with Crippen LogP contribution in [0.5, 0.6) is 5.75 Å². The fourth-order valence-electron chi connectivity index (χ4n) is 2.60. The Bertz CT molecular complexity index is 907. The van der Waals surface area contributed by atoms with Crippen molar-refractivity contribution in [3.8, 4) is 11.6 Å². The number of nitrogens with zero attached hydrogens (tertiary/aromatic N) is 4. The van der Waals surface area contributed by atoms with Gasteiger partial charge in [-0.2, -0.15) is 13.2 Å². The zero-order chi connectivity index (χ0) is 18.7. The van der Waals surface area contributed by atoms with Gasteiger partial charge in [0.2, 0.25) is 5.82 Å². The molecule has 0 aliphatic heterocycles. The summed E-state index contributed by atoms with van der Waals surface area (Å²) in [5.74, 6) is -0.364. The molecule has 0 atom stereocenters. The summed E-state index contributed by atoms with van der Waals surface area (Å²) in [4.78, 5) is 12.1. The van der Waals surface area contributed by atoms with Crippen LogP contribution < -0.4 is 10.1 Å². The van der Waals surface area contributed by atoms with Crippen molar-refractivity contribution in [3.63, 3.8) is 0 Å². The molecule has 0 radical (unpaired) electrons. The number of alkyl halides is 3. The van der Waals surface area contributed by atoms with Crippen LogP contribution in [0.2, 0.25) is 0 Å². The molecule has 0 aliphatic rings. The first-order valence-corrected chi connectivity index (χ1v) is 8.14. The molecule has 26 heavy (non-hydrogen) atoms. The number of hydrogen-bond acceptors (Lipinski definition) is 5. The standard InChI is InChI=1S/C17H18F3N5O/c1-3-4-8-22-13-9-21-10-14(23-13)25-11-6-5-7-12(26-2)15(11)24-16(25)17(18,19)20/h5-7,9-10H,3-4,8H2,1-2H3,(H,22,23). The maximum atomic E-state index is 13.6. The summed E-state index contributed by atoms with van der Waals surface area (Å²) in [5, 5.41) is 3.06. The quantitative estimate of drug-likeness (QED) is 0.668. The predicted octanol–water partition coefficient (Wildman–Crippen LogP) is 4.05. The van der Waals surface area contributed by atoms with Gasteiger partial charge in [0.05, 0.1) is 25.0 Å². The van der Waals surface area contributed by atoms with Gasteiger partial charge in [-0.25, -0.2) is 9.97 Å². The molecule has 1 N–H and O–H groups in total. The van der Waals surface area contributed by atoms with Crippen LogP contribution in [0.1, 0.15) is 25.6 Å². The predicted molar refractivity (Wildman–Crippen MR) is 91.6 cm³/mol. The minimum Gasteiger partial charge on any atom is -0.494 e. The van der Waals surface area contributed by atoms with Crippen molar-refractivity contribution in [2.45, 2.75) is 25.9 Å². The molecule has 2 aromatic heterocycles. The lowest BCUT2D eigenvalue weighted by molar-refractivity contribution is -0.145. The molecule has 0 fully saturated rings. The lowest BCUT2D eigenvalue weighted by Gasteiger charge is -2.12. The molecule has 0 saturated heterocycles. The van der Waals surface area contributed by atoms with E-state index in [0.717, 1.165) is 17.4 Å². The van der Waals surface area contributed by atoms with Crippen LogP contribution in [0.25, 0.3) is 16.9 Å². The van der Waals surface area contributed by atoms with Crippen molar-refractivity contribution in [2.75, 3.05) is 19.0 Å². The average Bonchev–Trinajstić information content (AvgIpc) is 3.02. The summed E-state index contributed by atoms with van der Waals surface area (Å²) < 4.78 is 46.8. The normalized spacial score (nSPS) is 11.7. The highest BCUT2D eigenvalue weighted by molar-refractivity contribution is 5.84. The molecule has 0 spiro atoms. The number of ether oxygens (including phenoxy) is 1. The molecule has 2 heterocycles. The largest absolute Gasteiger partial charge is 0.494 e. The number of anilines is 1. The summed E-state index contributed by atoms with van der Waals surface area (Å²) in [6, 6.07) is 4.71. The second-order valence-electron chi connectivity index (χ2n) is 5.64. The zero-order valence-corrected chi connectivity index (χ0v) is 14.3. The second-order valence-corrected chi connectivity index (χ2v) is 5.64. The third kappa shape index (κ3) is 3.42. The van der Waals surface area contributed by atoms with Gasteiger partial charge in [0.25, 0.3) is 0 Å². The zero-order valence-electron chi connectivity index (χ0n) is 14.3. The summed E-state index contributed by atoms with van der Waals surface area (Å²) in [7, 11) is 1.39. The van der Waals surface area contributed by atoms with E-state index in [1.54, 1.807) is 18.2 Å². The number of fused-ring (bicyclic) bond motifs is 1. The van der Waals surface area contributed by atoms with Gasteiger partial charge in [0.1, 0.15) is 17.1 Å². The summed E-state index contributed by atoms with van der Waals surface area (Å²) in [5.41, 5.74) is 0.366. The molecule has 0 aliphatic carbocycles. The van der Waals surface area contributed by atoms with Gasteiger partial charge in [0.15, 0.2) is 5.82 Å². The average molecular weight is 365 g/mol. The number of unbranched alkanes of at least 4 members (excludes halogenated alkanes) is 1. The highest BCUT2D eigenvalue weighted by atomic mass is 19.4. The van der Waals surface area contributed by atoms with Crippen molar-refractivity contribution >= 4 is 16.9 Å². The molecule has 9 heteroatoms. The Morgan fingerprint density at radius 2 is 2.00 bits per heavy atom. The Labute approximate surface area is 148 Å². The maximum Gasteiger partial charge on any atom is 0.450 e. The first-order chi connectivity index (χ1) is 12.5. The maximum absolute atomic E-state index is 13.6. The number of para-hydroxylation sites is 1. The molecule has 138 valence electrons. The fourth-order valence-corrected chi connectivity index (χ4v) is 2.60. The van der Waals surface area contributed by atoms with Crippen LogP contribution in [0.4, 0.5) is 19.0 Å². The monoisotopic (exact) mass is 365 g/mol. The second kappa shape index (κ2) is 7.19. The van der Waals surface area contributed by atoms with Crippen LogP contribution in [-0.4, -0.2) is 33.2 Å². The molecule has 0 saturated carbocycles. The van der Waals surface area contributed by atoms with Crippen molar-refractivity contribution < 1.29 is 17.9 Å². The van der Waals surface area contributed by atoms with Gasteiger partial charge >= 0.3 is 6.18 Å². The van der Waals surface area contributed by atoms with Gasteiger partial charge in [-0.1, -0.05) is 19.4 Å². The minimum absolute atomic E-state index is 0.0366. The Kier molecular flexibility index (Phi) is 4.97. The van der Waals surface area contributed by atoms with Crippen molar-refractivity contribution in [3.05, 3.63) is 36.4 Å². The summed E-state index contributed by atoms with van der Waals surface area (Å²) >= 11 is 0. The van der Waals surface area contributed by atoms with E-state index in [9.17, 15) is 13.2 Å². The highest BCUT2D eigenvalue weighted by Gasteiger charge is 2.39. The van der Waals surface area contributed by atoms with Crippen LogP contribution in [-0.2, 0) is 6.18 Å². The van der Waals surface area contributed by atoms with E-state index < -0.39 is 12.0 Å². The molecule has 6 nitrogen and oxygen atoms in total. The van der Waals surface area contributed by atoms with Gasteiger partial charge < -0.3 is 10.1 Å². The molecule has 1 aromatic carbocycles. The van der Waals surface area contributed by atoms with E-state index in [0.29, 0.717) is 12.4 Å². The number of nitrogens with one attached hydrogen (secondary N) is 1. The summed E-state index contributed by atoms with van der Waals surface area (Å²) in [6.07, 6.45) is 0.0134. The highest BCUT2D eigenvalue weighted by Crippen LogP contribution is 2.36. The van der Waals surface area contributed by atoms with Gasteiger partial charge in [-0.3, -0.25) is 9.55 Å². The number of methoxy groups -OCH3 is 1. The van der Waals surface area contributed by atoms with E-state index in [1.807, 2.05) is 6.92 Å². The Balaban J connectivity index is 2.16. The van der Waals surface area contributed by atoms with Crippen LogP contribution >= 0.6 is 0 Å². The first-order valence-electron chi connectivity index (χ1n) is 8.14. The Hall–Kier alpha value is -2.84. The minimum atomic E-state index is -4.66. The van der Waals surface area contributed by atoms with Crippen molar-refractivity contribution in [1.82, 2.24) is 19.5 Å². The smallest absolute Gasteiger partial charge is 0.450 e. The molecule has 3 rings (SSSR count). The fraction of sp³-hybridized carbons (Fsp3) is 0.353. The molecule has 0 unspecified atom stereocenters. The third-order valence-corrected chi connectivity index (χ3v) is 3.81. The van der Waals surface area contributed by atoms with E-state index in [1.165, 1.54) is 19.5 Å². The summed E-state index contributed by atoms with van der Waals surface area (Å²) in [6.45, 7) is 2.71. The topological polar surface area (TPSA) is 64.9 Å². The van der Waals surface area contributed by atoms with Crippen LogP contribution in [0.15, 0.2) is 30.6 Å². The number of aromatic nitrogens is 4.